The van der Waals surface area contributed by atoms with Crippen LogP contribution >= 0.6 is 0 Å². The Hall–Kier alpha value is -1.35. The van der Waals surface area contributed by atoms with Crippen LogP contribution in [0.25, 0.3) is 0 Å². The summed E-state index contributed by atoms with van der Waals surface area (Å²) < 4.78 is 0. The number of benzene rings is 1. The molecule has 1 amide bonds. The van der Waals surface area contributed by atoms with Gasteiger partial charge in [-0.05, 0) is 23.5 Å². The summed E-state index contributed by atoms with van der Waals surface area (Å²) >= 11 is 0. The maximum Gasteiger partial charge on any atom is 0.240 e. The molecular formula is C15H22N2O. The van der Waals surface area contributed by atoms with Crippen LogP contribution in [0, 0.1) is 12.3 Å². The first-order valence-corrected chi connectivity index (χ1v) is 6.42. The second-order valence-corrected chi connectivity index (χ2v) is 6.31. The van der Waals surface area contributed by atoms with Crippen molar-refractivity contribution in [1.29, 1.82) is 0 Å². The standard InChI is InChI=1S/C15H22N2O/c1-10-5-6-11-8-17(9-12(11)7-10)14(18)13(16)15(2,3)4/h5-7,13H,8-9,16H2,1-4H3/t13-/m1/s1. The topological polar surface area (TPSA) is 46.3 Å². The van der Waals surface area contributed by atoms with Crippen molar-refractivity contribution in [1.82, 2.24) is 4.90 Å². The summed E-state index contributed by atoms with van der Waals surface area (Å²) in [6.07, 6.45) is 0. The van der Waals surface area contributed by atoms with Gasteiger partial charge in [0.15, 0.2) is 0 Å². The van der Waals surface area contributed by atoms with E-state index < -0.39 is 6.04 Å². The number of aryl methyl sites for hydroxylation is 1. The average molecular weight is 246 g/mol. The van der Waals surface area contributed by atoms with Gasteiger partial charge in [-0.2, -0.15) is 0 Å². The minimum absolute atomic E-state index is 0.0522. The van der Waals surface area contributed by atoms with Crippen LogP contribution in [0.2, 0.25) is 0 Å². The predicted octanol–water partition coefficient (Wildman–Crippen LogP) is 2.21. The van der Waals surface area contributed by atoms with E-state index in [-0.39, 0.29) is 11.3 Å². The number of hydrogen-bond acceptors (Lipinski definition) is 2. The Bertz CT molecular complexity index is 474. The fraction of sp³-hybridized carbons (Fsp3) is 0.533. The number of rotatable bonds is 1. The predicted molar refractivity (Wildman–Crippen MR) is 72.9 cm³/mol. The maximum atomic E-state index is 12.3. The number of carbonyl (C=O) groups excluding carboxylic acids is 1. The Kier molecular flexibility index (Phi) is 3.20. The molecule has 3 nitrogen and oxygen atoms in total. The zero-order valence-electron chi connectivity index (χ0n) is 11.7. The van der Waals surface area contributed by atoms with Crippen LogP contribution in [-0.2, 0) is 17.9 Å². The molecule has 1 aromatic rings. The van der Waals surface area contributed by atoms with E-state index >= 15 is 0 Å². The summed E-state index contributed by atoms with van der Waals surface area (Å²) in [4.78, 5) is 14.2. The molecule has 0 saturated carbocycles. The molecule has 2 rings (SSSR count). The summed E-state index contributed by atoms with van der Waals surface area (Å²) in [5.74, 6) is 0.0522. The lowest BCUT2D eigenvalue weighted by atomic mass is 9.86. The van der Waals surface area contributed by atoms with Gasteiger partial charge in [-0.15, -0.1) is 0 Å². The third kappa shape index (κ3) is 2.41. The quantitative estimate of drug-likeness (QED) is 0.825. The van der Waals surface area contributed by atoms with Crippen molar-refractivity contribution in [3.63, 3.8) is 0 Å². The van der Waals surface area contributed by atoms with E-state index in [0.717, 1.165) is 0 Å². The highest BCUT2D eigenvalue weighted by Gasteiger charge is 2.33. The van der Waals surface area contributed by atoms with Crippen LogP contribution in [0.4, 0.5) is 0 Å². The number of nitrogens with two attached hydrogens (primary N) is 1. The molecule has 0 spiro atoms. The number of carbonyl (C=O) groups is 1. The molecule has 1 heterocycles. The molecule has 0 saturated heterocycles. The lowest BCUT2D eigenvalue weighted by molar-refractivity contribution is -0.135. The first-order valence-electron chi connectivity index (χ1n) is 6.42. The number of nitrogens with zero attached hydrogens (tertiary/aromatic N) is 1. The summed E-state index contributed by atoms with van der Waals surface area (Å²) in [5, 5.41) is 0. The van der Waals surface area contributed by atoms with E-state index in [4.69, 9.17) is 5.73 Å². The molecule has 0 fully saturated rings. The molecule has 98 valence electrons. The largest absolute Gasteiger partial charge is 0.333 e. The number of amides is 1. The molecule has 0 aliphatic carbocycles. The van der Waals surface area contributed by atoms with Crippen LogP contribution < -0.4 is 5.73 Å². The van der Waals surface area contributed by atoms with Crippen molar-refractivity contribution < 1.29 is 4.79 Å². The number of hydrogen-bond donors (Lipinski definition) is 1. The minimum Gasteiger partial charge on any atom is -0.333 e. The van der Waals surface area contributed by atoms with Crippen LogP contribution in [0.1, 0.15) is 37.5 Å². The lowest BCUT2D eigenvalue weighted by Gasteiger charge is -2.29. The third-order valence-electron chi connectivity index (χ3n) is 3.59. The van der Waals surface area contributed by atoms with Gasteiger partial charge in [-0.1, -0.05) is 44.5 Å². The van der Waals surface area contributed by atoms with Gasteiger partial charge in [0.1, 0.15) is 0 Å². The SMILES string of the molecule is Cc1ccc2c(c1)CN(C(=O)[C@@H](N)C(C)(C)C)C2. The molecule has 0 bridgehead atoms. The molecule has 3 heteroatoms. The molecular weight excluding hydrogens is 224 g/mol. The molecule has 1 aliphatic heterocycles. The molecule has 0 aromatic heterocycles. The van der Waals surface area contributed by atoms with Crippen LogP contribution in [-0.4, -0.2) is 16.8 Å². The van der Waals surface area contributed by atoms with Gasteiger partial charge >= 0.3 is 0 Å². The highest BCUT2D eigenvalue weighted by molar-refractivity contribution is 5.83. The van der Waals surface area contributed by atoms with Gasteiger partial charge in [0.2, 0.25) is 5.91 Å². The van der Waals surface area contributed by atoms with Gasteiger partial charge in [0.05, 0.1) is 6.04 Å². The Morgan fingerprint density at radius 3 is 2.50 bits per heavy atom. The van der Waals surface area contributed by atoms with Crippen LogP contribution in [0.3, 0.4) is 0 Å². The van der Waals surface area contributed by atoms with E-state index in [1.807, 2.05) is 25.7 Å². The van der Waals surface area contributed by atoms with E-state index in [1.54, 1.807) is 0 Å². The Balaban J connectivity index is 2.14. The first kappa shape index (κ1) is 13.1. The van der Waals surface area contributed by atoms with Gasteiger partial charge < -0.3 is 10.6 Å². The molecule has 1 aromatic carbocycles. The van der Waals surface area contributed by atoms with Crippen LogP contribution in [0.15, 0.2) is 18.2 Å². The van der Waals surface area contributed by atoms with Crippen molar-refractivity contribution in [2.45, 2.75) is 46.8 Å². The second kappa shape index (κ2) is 4.39. The van der Waals surface area contributed by atoms with E-state index in [1.165, 1.54) is 16.7 Å². The summed E-state index contributed by atoms with van der Waals surface area (Å²) in [7, 11) is 0. The summed E-state index contributed by atoms with van der Waals surface area (Å²) in [6.45, 7) is 9.47. The van der Waals surface area contributed by atoms with E-state index in [2.05, 4.69) is 25.1 Å². The lowest BCUT2D eigenvalue weighted by Crippen LogP contribution is -2.48. The molecule has 1 atom stereocenters. The smallest absolute Gasteiger partial charge is 0.240 e. The minimum atomic E-state index is -0.437. The molecule has 2 N–H and O–H groups in total. The first-order chi connectivity index (χ1) is 8.29. The van der Waals surface area contributed by atoms with Crippen molar-refractivity contribution in [3.05, 3.63) is 34.9 Å². The molecule has 1 aliphatic rings. The van der Waals surface area contributed by atoms with Gasteiger partial charge in [-0.25, -0.2) is 0 Å². The Labute approximate surface area is 109 Å². The monoisotopic (exact) mass is 246 g/mol. The van der Waals surface area contributed by atoms with Crippen molar-refractivity contribution in [3.8, 4) is 0 Å². The zero-order valence-corrected chi connectivity index (χ0v) is 11.7. The van der Waals surface area contributed by atoms with Crippen molar-refractivity contribution >= 4 is 5.91 Å². The third-order valence-corrected chi connectivity index (χ3v) is 3.59. The Morgan fingerprint density at radius 2 is 1.89 bits per heavy atom. The second-order valence-electron chi connectivity index (χ2n) is 6.31. The maximum absolute atomic E-state index is 12.3. The van der Waals surface area contributed by atoms with Gasteiger partial charge in [-0.3, -0.25) is 4.79 Å². The van der Waals surface area contributed by atoms with Crippen molar-refractivity contribution in [2.75, 3.05) is 0 Å². The summed E-state index contributed by atoms with van der Waals surface area (Å²) in [6, 6.07) is 5.93. The molecule has 0 unspecified atom stereocenters. The van der Waals surface area contributed by atoms with E-state index in [9.17, 15) is 4.79 Å². The van der Waals surface area contributed by atoms with Crippen LogP contribution in [0.5, 0.6) is 0 Å². The van der Waals surface area contributed by atoms with Gasteiger partial charge in [0.25, 0.3) is 0 Å². The highest BCUT2D eigenvalue weighted by Crippen LogP contribution is 2.27. The van der Waals surface area contributed by atoms with Gasteiger partial charge in [0, 0.05) is 13.1 Å². The number of fused-ring (bicyclic) bond motifs is 1. The summed E-state index contributed by atoms with van der Waals surface area (Å²) in [5.41, 5.74) is 9.59. The zero-order chi connectivity index (χ0) is 13.5. The fourth-order valence-corrected chi connectivity index (χ4v) is 2.25. The average Bonchev–Trinajstić information content (AvgIpc) is 2.68. The Morgan fingerprint density at radius 1 is 1.28 bits per heavy atom. The highest BCUT2D eigenvalue weighted by atomic mass is 16.2. The van der Waals surface area contributed by atoms with Crippen molar-refractivity contribution in [2.24, 2.45) is 11.1 Å². The fourth-order valence-electron chi connectivity index (χ4n) is 2.25. The molecule has 18 heavy (non-hydrogen) atoms. The van der Waals surface area contributed by atoms with E-state index in [0.29, 0.717) is 13.1 Å². The molecule has 0 radical (unpaired) electrons. The normalized spacial score (nSPS) is 16.6.